The van der Waals surface area contributed by atoms with E-state index in [0.717, 1.165) is 77.0 Å². The second kappa shape index (κ2) is 53.4. The van der Waals surface area contributed by atoms with Crippen LogP contribution in [0.15, 0.2) is 85.1 Å². The van der Waals surface area contributed by atoms with Crippen LogP contribution in [-0.4, -0.2) is 140 Å². The van der Waals surface area contributed by atoms with Gasteiger partial charge in [0.2, 0.25) is 5.91 Å². The molecule has 0 aliphatic carbocycles. The van der Waals surface area contributed by atoms with E-state index in [9.17, 15) is 45.6 Å². The van der Waals surface area contributed by atoms with Gasteiger partial charge in [-0.3, -0.25) is 4.79 Å². The summed E-state index contributed by atoms with van der Waals surface area (Å²) >= 11 is 0. The molecule has 12 unspecified atom stereocenters. The molecule has 2 fully saturated rings. The van der Waals surface area contributed by atoms with Crippen LogP contribution in [0.25, 0.3) is 0 Å². The van der Waals surface area contributed by atoms with Gasteiger partial charge in [-0.2, -0.15) is 0 Å². The molecule has 1 amide bonds. The van der Waals surface area contributed by atoms with Crippen LogP contribution in [-0.2, 0) is 23.7 Å². The Morgan fingerprint density at radius 2 is 0.843 bits per heavy atom. The molecule has 14 heteroatoms. The summed E-state index contributed by atoms with van der Waals surface area (Å²) in [5.41, 5.74) is 0. The summed E-state index contributed by atoms with van der Waals surface area (Å²) in [5.74, 6) is -0.260. The topological polar surface area (TPSA) is 228 Å². The van der Waals surface area contributed by atoms with Gasteiger partial charge in [0.1, 0.15) is 48.8 Å². The van der Waals surface area contributed by atoms with Crippen molar-refractivity contribution in [2.45, 2.75) is 325 Å². The first-order valence-corrected chi connectivity index (χ1v) is 33.3. The van der Waals surface area contributed by atoms with Crippen LogP contribution in [0.2, 0.25) is 0 Å². The molecular weight excluding hydrogens is 1050 g/mol. The number of rotatable bonds is 53. The van der Waals surface area contributed by atoms with Crippen LogP contribution >= 0.6 is 0 Å². The van der Waals surface area contributed by atoms with Gasteiger partial charge in [-0.25, -0.2) is 0 Å². The predicted molar refractivity (Wildman–Crippen MR) is 336 cm³/mol. The lowest BCUT2D eigenvalue weighted by molar-refractivity contribution is -0.359. The lowest BCUT2D eigenvalue weighted by Gasteiger charge is -2.46. The Labute approximate surface area is 503 Å². The number of aliphatic hydroxyl groups is 8. The van der Waals surface area contributed by atoms with Crippen molar-refractivity contribution in [3.8, 4) is 0 Å². The van der Waals surface area contributed by atoms with Gasteiger partial charge in [0.05, 0.1) is 32.0 Å². The molecular formula is C69H121NO13. The van der Waals surface area contributed by atoms with E-state index in [1.165, 1.54) is 141 Å². The summed E-state index contributed by atoms with van der Waals surface area (Å²) in [5, 5.41) is 87.3. The maximum atomic E-state index is 13.3. The zero-order chi connectivity index (χ0) is 60.2. The molecule has 0 aromatic rings. The van der Waals surface area contributed by atoms with Crippen molar-refractivity contribution in [2.75, 3.05) is 19.8 Å². The van der Waals surface area contributed by atoms with E-state index in [4.69, 9.17) is 18.9 Å². The van der Waals surface area contributed by atoms with E-state index in [1.807, 2.05) is 6.08 Å². The number of ether oxygens (including phenoxy) is 4. The number of carbonyl (C=O) groups excluding carboxylic acids is 1. The van der Waals surface area contributed by atoms with E-state index in [-0.39, 0.29) is 18.9 Å². The minimum atomic E-state index is -1.80. The summed E-state index contributed by atoms with van der Waals surface area (Å²) in [4.78, 5) is 13.3. The minimum absolute atomic E-state index is 0.260. The highest BCUT2D eigenvalue weighted by atomic mass is 16.7. The molecule has 2 heterocycles. The van der Waals surface area contributed by atoms with Crippen LogP contribution in [0.3, 0.4) is 0 Å². The number of amides is 1. The molecule has 2 aliphatic rings. The normalized spacial score (nSPS) is 24.4. The Bertz CT molecular complexity index is 1710. The highest BCUT2D eigenvalue weighted by molar-refractivity contribution is 5.76. The second-order valence-electron chi connectivity index (χ2n) is 23.2. The number of allylic oxidation sites excluding steroid dienone is 13. The second-order valence-corrected chi connectivity index (χ2v) is 23.2. The molecule has 2 aliphatic heterocycles. The molecule has 2 rings (SSSR count). The number of nitrogens with one attached hydrogen (secondary N) is 1. The first-order valence-electron chi connectivity index (χ1n) is 33.3. The summed E-state index contributed by atoms with van der Waals surface area (Å²) in [6.45, 7) is 2.67. The Hall–Kier alpha value is -2.83. The molecule has 83 heavy (non-hydrogen) atoms. The molecule has 0 aromatic carbocycles. The van der Waals surface area contributed by atoms with Crippen LogP contribution < -0.4 is 5.32 Å². The van der Waals surface area contributed by atoms with Crippen molar-refractivity contribution in [2.24, 2.45) is 0 Å². The molecule has 0 bridgehead atoms. The number of unbranched alkanes of at least 4 members (excludes halogenated alkanes) is 28. The molecule has 12 atom stereocenters. The van der Waals surface area contributed by atoms with E-state index in [2.05, 4.69) is 92.1 Å². The van der Waals surface area contributed by atoms with Crippen molar-refractivity contribution in [1.82, 2.24) is 5.32 Å². The van der Waals surface area contributed by atoms with E-state index in [1.54, 1.807) is 6.08 Å². The van der Waals surface area contributed by atoms with Gasteiger partial charge in [0.25, 0.3) is 0 Å². The van der Waals surface area contributed by atoms with E-state index < -0.39 is 86.8 Å². The average Bonchev–Trinajstić information content (AvgIpc) is 3.64. The molecule has 2 saturated heterocycles. The zero-order valence-electron chi connectivity index (χ0n) is 51.9. The number of carbonyl (C=O) groups is 1. The minimum Gasteiger partial charge on any atom is -0.394 e. The fourth-order valence-electron chi connectivity index (χ4n) is 10.5. The summed E-state index contributed by atoms with van der Waals surface area (Å²) in [6, 6.07) is -0.946. The van der Waals surface area contributed by atoms with Crippen molar-refractivity contribution in [3.63, 3.8) is 0 Å². The zero-order valence-corrected chi connectivity index (χ0v) is 51.9. The fourth-order valence-corrected chi connectivity index (χ4v) is 10.5. The Morgan fingerprint density at radius 3 is 1.33 bits per heavy atom. The number of aliphatic hydroxyl groups excluding tert-OH is 8. The van der Waals surface area contributed by atoms with Crippen LogP contribution in [0.1, 0.15) is 251 Å². The maximum absolute atomic E-state index is 13.3. The van der Waals surface area contributed by atoms with Crippen molar-refractivity contribution < 1.29 is 64.6 Å². The van der Waals surface area contributed by atoms with E-state index >= 15 is 0 Å². The smallest absolute Gasteiger partial charge is 0.220 e. The fraction of sp³-hybridized carbons (Fsp3) is 0.783. The lowest BCUT2D eigenvalue weighted by atomic mass is 9.97. The van der Waals surface area contributed by atoms with Gasteiger partial charge in [-0.1, -0.05) is 247 Å². The van der Waals surface area contributed by atoms with Gasteiger partial charge in [-0.05, 0) is 83.5 Å². The molecule has 0 saturated carbocycles. The Balaban J connectivity index is 1.74. The third kappa shape index (κ3) is 38.1. The third-order valence-corrected chi connectivity index (χ3v) is 15.8. The Morgan fingerprint density at radius 1 is 0.446 bits per heavy atom. The molecule has 14 nitrogen and oxygen atoms in total. The van der Waals surface area contributed by atoms with Gasteiger partial charge in [0.15, 0.2) is 12.6 Å². The van der Waals surface area contributed by atoms with Crippen LogP contribution in [0.5, 0.6) is 0 Å². The summed E-state index contributed by atoms with van der Waals surface area (Å²) in [6.07, 6.45) is 56.3. The molecule has 0 radical (unpaired) electrons. The first-order chi connectivity index (χ1) is 40.6. The molecule has 9 N–H and O–H groups in total. The lowest BCUT2D eigenvalue weighted by Crippen LogP contribution is -2.65. The van der Waals surface area contributed by atoms with Crippen molar-refractivity contribution in [1.29, 1.82) is 0 Å². The monoisotopic (exact) mass is 1170 g/mol. The largest absolute Gasteiger partial charge is 0.394 e. The summed E-state index contributed by atoms with van der Waals surface area (Å²) in [7, 11) is 0. The van der Waals surface area contributed by atoms with Gasteiger partial charge >= 0.3 is 0 Å². The summed E-state index contributed by atoms with van der Waals surface area (Å²) < 4.78 is 22.8. The highest BCUT2D eigenvalue weighted by Crippen LogP contribution is 2.30. The van der Waals surface area contributed by atoms with Crippen molar-refractivity contribution in [3.05, 3.63) is 85.1 Å². The third-order valence-electron chi connectivity index (χ3n) is 15.8. The molecule has 0 aromatic heterocycles. The number of hydrogen-bond donors (Lipinski definition) is 9. The van der Waals surface area contributed by atoms with Gasteiger partial charge in [-0.15, -0.1) is 0 Å². The quantitative estimate of drug-likeness (QED) is 0.0204. The maximum Gasteiger partial charge on any atom is 0.220 e. The average molecular weight is 1170 g/mol. The van der Waals surface area contributed by atoms with Crippen molar-refractivity contribution >= 4 is 5.91 Å². The van der Waals surface area contributed by atoms with Gasteiger partial charge in [0, 0.05) is 6.42 Å². The SMILES string of the molecule is CC/C=C\C/C=C\C/C=C\C/C=C\CCCCCCCCCCCCC(=O)NC(COC1OC(CO)C(OC2OC(CO)C(O)C(O)C2O)C(O)C1O)C(O)/C=C/CC/C=C/CC/C=C/CCCCCCCCCCCCCCCCCC. The van der Waals surface area contributed by atoms with Gasteiger partial charge < -0.3 is 65.1 Å². The predicted octanol–water partition coefficient (Wildman–Crippen LogP) is 12.8. The molecule has 0 spiro atoms. The first kappa shape index (κ1) is 76.3. The van der Waals surface area contributed by atoms with Crippen LogP contribution in [0.4, 0.5) is 0 Å². The van der Waals surface area contributed by atoms with E-state index in [0.29, 0.717) is 12.8 Å². The Kier molecular flexibility index (Phi) is 49.1. The van der Waals surface area contributed by atoms with Crippen LogP contribution in [0, 0.1) is 0 Å². The molecule has 480 valence electrons. The number of hydrogen-bond acceptors (Lipinski definition) is 13. The standard InChI is InChI=1S/C69H121NO13/c1-3-5-7-9-11-13-15-17-19-21-23-25-27-28-29-31-32-34-36-38-40-42-44-46-48-50-52-58(73)57(56-80-68-66(79)64(77)67(60(55-72)82-68)83-69-65(78)63(76)62(75)59(54-71)81-69)70-61(74)53-51-49-47-45-43-41-39-37-35-33-30-26-24-22-20-18-16-14-12-10-8-6-4-2/h6,8,12,14,18,20,24,26,34,36,42,44,50,52,57-60,62-69,71-73,75-79H,3-5,7,9-11,13,15-17,19,21-23,25,27-33,35,37-41,43,45-49,51,53-56H2,1-2H3,(H,70,74)/b8-6-,14-12-,20-18-,26-24-,36-34+,44-42+,52-50+. The highest BCUT2D eigenvalue weighted by Gasteiger charge is 2.51.